The normalized spacial score (nSPS) is 14.0. The molecule has 0 atom stereocenters. The highest BCUT2D eigenvalue weighted by Gasteiger charge is 2.51. The number of hydrogen-bond acceptors (Lipinski definition) is 2. The van der Waals surface area contributed by atoms with Crippen molar-refractivity contribution >= 4 is 60.5 Å². The third-order valence-electron chi connectivity index (χ3n) is 17.1. The van der Waals surface area contributed by atoms with Crippen molar-refractivity contribution in [1.29, 1.82) is 0 Å². The molecule has 0 bridgehead atoms. The third-order valence-corrected chi connectivity index (χ3v) is 17.1. The summed E-state index contributed by atoms with van der Waals surface area (Å²) < 4.78 is 6.94. The summed E-state index contributed by atoms with van der Waals surface area (Å²) in [6.07, 6.45) is 0. The van der Waals surface area contributed by atoms with Crippen molar-refractivity contribution in [2.75, 3.05) is 4.90 Å². The Bertz CT molecular complexity index is 4460. The molecule has 0 fully saturated rings. The molecule has 74 heavy (non-hydrogen) atoms. The van der Waals surface area contributed by atoms with Crippen LogP contribution < -0.4 is 4.90 Å². The molecule has 0 N–H and O–H groups in total. The van der Waals surface area contributed by atoms with Crippen LogP contribution >= 0.6 is 0 Å². The van der Waals surface area contributed by atoms with Gasteiger partial charge in [-0.25, -0.2) is 0 Å². The highest BCUT2D eigenvalue weighted by molar-refractivity contribution is 6.20. The van der Waals surface area contributed by atoms with Crippen molar-refractivity contribution < 1.29 is 4.42 Å². The van der Waals surface area contributed by atoms with Crippen molar-refractivity contribution in [3.05, 3.63) is 282 Å². The summed E-state index contributed by atoms with van der Waals surface area (Å²) in [6, 6.07) is 93.0. The molecule has 0 radical (unpaired) electrons. The first-order valence-electron chi connectivity index (χ1n) is 25.9. The monoisotopic (exact) mass is 941 g/mol. The van der Waals surface area contributed by atoms with Gasteiger partial charge in [0.1, 0.15) is 11.2 Å². The van der Waals surface area contributed by atoms with Gasteiger partial charge in [0.05, 0.1) is 11.1 Å². The minimum Gasteiger partial charge on any atom is -0.456 e. The molecule has 16 rings (SSSR count). The van der Waals surface area contributed by atoms with Crippen LogP contribution in [-0.4, -0.2) is 0 Å². The molecule has 0 unspecified atom stereocenters. The number of benzene rings is 12. The lowest BCUT2D eigenvalue weighted by Crippen LogP contribution is -2.26. The Labute approximate surface area is 430 Å². The molecule has 0 saturated carbocycles. The molecule has 0 aliphatic heterocycles. The van der Waals surface area contributed by atoms with Crippen LogP contribution in [0, 0.1) is 0 Å². The van der Waals surface area contributed by atoms with Crippen LogP contribution in [0.2, 0.25) is 0 Å². The van der Waals surface area contributed by atoms with Gasteiger partial charge in [-0.3, -0.25) is 0 Å². The maximum absolute atomic E-state index is 6.94. The first-order chi connectivity index (χ1) is 36.4. The largest absolute Gasteiger partial charge is 0.456 e. The Balaban J connectivity index is 0.996. The lowest BCUT2D eigenvalue weighted by Gasteiger charge is -2.33. The SMILES string of the molecule is CC1(C)c2ccccc2-c2ccc(N(c3ccc4c(c3)C3(c5ccccc5-c5ccccc53)c3ccccc3-4)c3cc4c(cc3-c3ccc(-c5cccc6ccccc56)cc3)oc3ccc5ccccc5c34)cc21. The van der Waals surface area contributed by atoms with Crippen LogP contribution in [0.4, 0.5) is 17.1 Å². The third kappa shape index (κ3) is 5.55. The molecule has 12 aromatic carbocycles. The smallest absolute Gasteiger partial charge is 0.136 e. The van der Waals surface area contributed by atoms with E-state index in [1.165, 1.54) is 99.4 Å². The maximum atomic E-state index is 6.94. The van der Waals surface area contributed by atoms with E-state index in [1.807, 2.05) is 0 Å². The second kappa shape index (κ2) is 15.1. The van der Waals surface area contributed by atoms with Gasteiger partial charge in [0, 0.05) is 33.1 Å². The summed E-state index contributed by atoms with van der Waals surface area (Å²) in [5.41, 5.74) is 24.6. The van der Waals surface area contributed by atoms with Crippen molar-refractivity contribution in [2.24, 2.45) is 0 Å². The molecular formula is C72H47NO. The minimum absolute atomic E-state index is 0.210. The fourth-order valence-electron chi connectivity index (χ4n) is 13.8. The fraction of sp³-hybridized carbons (Fsp3) is 0.0556. The van der Waals surface area contributed by atoms with Crippen LogP contribution in [0.3, 0.4) is 0 Å². The van der Waals surface area contributed by atoms with Crippen molar-refractivity contribution in [3.63, 3.8) is 0 Å². The second-order valence-electron chi connectivity index (χ2n) is 21.1. The predicted octanol–water partition coefficient (Wildman–Crippen LogP) is 19.3. The molecule has 1 aromatic heterocycles. The van der Waals surface area contributed by atoms with Gasteiger partial charge in [-0.2, -0.15) is 0 Å². The van der Waals surface area contributed by atoms with E-state index in [0.717, 1.165) is 50.1 Å². The minimum atomic E-state index is -0.508. The molecule has 346 valence electrons. The van der Waals surface area contributed by atoms with E-state index in [-0.39, 0.29) is 5.41 Å². The van der Waals surface area contributed by atoms with E-state index in [2.05, 4.69) is 267 Å². The zero-order valence-corrected chi connectivity index (χ0v) is 41.0. The summed E-state index contributed by atoms with van der Waals surface area (Å²) in [6.45, 7) is 4.77. The van der Waals surface area contributed by atoms with Gasteiger partial charge in [-0.15, -0.1) is 0 Å². The molecule has 0 amide bonds. The summed E-state index contributed by atoms with van der Waals surface area (Å²) in [7, 11) is 0. The van der Waals surface area contributed by atoms with Crippen LogP contribution in [0.15, 0.2) is 253 Å². The number of fused-ring (bicyclic) bond motifs is 19. The van der Waals surface area contributed by atoms with Crippen LogP contribution in [0.25, 0.3) is 99.1 Å². The summed E-state index contributed by atoms with van der Waals surface area (Å²) >= 11 is 0. The Hall–Kier alpha value is -9.24. The molecule has 3 aliphatic carbocycles. The summed E-state index contributed by atoms with van der Waals surface area (Å²) in [5.74, 6) is 0. The van der Waals surface area contributed by atoms with E-state index in [4.69, 9.17) is 4.42 Å². The maximum Gasteiger partial charge on any atom is 0.136 e. The van der Waals surface area contributed by atoms with Gasteiger partial charge in [-0.1, -0.05) is 220 Å². The van der Waals surface area contributed by atoms with Crippen LogP contribution in [0.1, 0.15) is 47.2 Å². The topological polar surface area (TPSA) is 16.4 Å². The Kier molecular flexibility index (Phi) is 8.47. The van der Waals surface area contributed by atoms with Gasteiger partial charge >= 0.3 is 0 Å². The quantitative estimate of drug-likeness (QED) is 0.171. The Morgan fingerprint density at radius 2 is 0.784 bits per heavy atom. The van der Waals surface area contributed by atoms with Crippen molar-refractivity contribution in [2.45, 2.75) is 24.7 Å². The molecule has 1 heterocycles. The zero-order valence-electron chi connectivity index (χ0n) is 41.0. The average Bonchev–Trinajstić information content (AvgIpc) is 4.20. The second-order valence-corrected chi connectivity index (χ2v) is 21.1. The fourth-order valence-corrected chi connectivity index (χ4v) is 13.8. The van der Waals surface area contributed by atoms with E-state index in [1.54, 1.807) is 0 Å². The van der Waals surface area contributed by atoms with Crippen molar-refractivity contribution in [3.8, 4) is 55.6 Å². The van der Waals surface area contributed by atoms with Gasteiger partial charge in [-0.05, 0) is 147 Å². The Morgan fingerprint density at radius 3 is 1.43 bits per heavy atom. The van der Waals surface area contributed by atoms with E-state index >= 15 is 0 Å². The number of rotatable bonds is 5. The van der Waals surface area contributed by atoms with E-state index in [0.29, 0.717) is 0 Å². The molecule has 3 aliphatic rings. The van der Waals surface area contributed by atoms with Gasteiger partial charge in [0.2, 0.25) is 0 Å². The molecule has 2 nitrogen and oxygen atoms in total. The molecular weight excluding hydrogens is 895 g/mol. The van der Waals surface area contributed by atoms with Crippen LogP contribution in [-0.2, 0) is 10.8 Å². The standard InChI is InChI=1S/C72H47NO/c1-71(2)61-26-11-7-21-53(61)57-37-35-48(40-65(57)71)73(49-36-38-58-56-24-10-14-29-64(56)72(66(58)41-49)62-27-12-8-22-54(62)55-23-9-13-28-63(55)72)67-42-60-69(74-68-39-34-45-17-4-6-20-52(45)70(60)68)43-59(67)47-32-30-46(31-33-47)51-25-15-18-44-16-3-5-19-50(44)51/h3-43H,1-2H3. The average molecular weight is 942 g/mol. The van der Waals surface area contributed by atoms with Crippen molar-refractivity contribution in [1.82, 2.24) is 0 Å². The Morgan fingerprint density at radius 1 is 0.311 bits per heavy atom. The first kappa shape index (κ1) is 41.4. The van der Waals surface area contributed by atoms with Crippen LogP contribution in [0.5, 0.6) is 0 Å². The number of hydrogen-bond donors (Lipinski definition) is 0. The van der Waals surface area contributed by atoms with Gasteiger partial charge in [0.15, 0.2) is 0 Å². The van der Waals surface area contributed by atoms with E-state index in [9.17, 15) is 0 Å². The lowest BCUT2D eigenvalue weighted by atomic mass is 9.70. The van der Waals surface area contributed by atoms with Gasteiger partial charge < -0.3 is 9.32 Å². The molecule has 13 aromatic rings. The zero-order chi connectivity index (χ0) is 48.9. The number of furan rings is 1. The lowest BCUT2D eigenvalue weighted by molar-refractivity contribution is 0.660. The van der Waals surface area contributed by atoms with E-state index < -0.39 is 5.41 Å². The highest BCUT2D eigenvalue weighted by Crippen LogP contribution is 2.64. The predicted molar refractivity (Wildman–Crippen MR) is 308 cm³/mol. The molecule has 1 spiro atoms. The van der Waals surface area contributed by atoms with Gasteiger partial charge in [0.25, 0.3) is 0 Å². The highest BCUT2D eigenvalue weighted by atomic mass is 16.3. The first-order valence-corrected chi connectivity index (χ1v) is 25.9. The molecule has 0 saturated heterocycles. The number of nitrogens with zero attached hydrogens (tertiary/aromatic N) is 1. The molecule has 2 heteroatoms. The summed E-state index contributed by atoms with van der Waals surface area (Å²) in [4.78, 5) is 2.56. The number of anilines is 3. The summed E-state index contributed by atoms with van der Waals surface area (Å²) in [5, 5.41) is 7.07.